The summed E-state index contributed by atoms with van der Waals surface area (Å²) in [6.45, 7) is 0.127. The van der Waals surface area contributed by atoms with Gasteiger partial charge < -0.3 is 0 Å². The molecule has 0 bridgehead atoms. The van der Waals surface area contributed by atoms with Gasteiger partial charge in [0.05, 0.1) is 11.0 Å². The summed E-state index contributed by atoms with van der Waals surface area (Å²) in [7, 11) is -3.49. The third kappa shape index (κ3) is 2.83. The van der Waals surface area contributed by atoms with E-state index in [1.165, 1.54) is 12.1 Å². The first-order chi connectivity index (χ1) is 6.67. The molecule has 1 aromatic rings. The van der Waals surface area contributed by atoms with Gasteiger partial charge in [0.2, 0.25) is 10.0 Å². The van der Waals surface area contributed by atoms with Gasteiger partial charge in [-0.05, 0) is 6.07 Å². The van der Waals surface area contributed by atoms with Crippen molar-refractivity contribution in [1.29, 1.82) is 5.26 Å². The van der Waals surface area contributed by atoms with Crippen LogP contribution in [-0.2, 0) is 10.0 Å². The zero-order valence-electron chi connectivity index (χ0n) is 7.40. The van der Waals surface area contributed by atoms with Crippen molar-refractivity contribution in [3.63, 3.8) is 0 Å². The number of nitriles is 1. The maximum absolute atomic E-state index is 11.5. The highest BCUT2D eigenvalue weighted by Gasteiger charge is 2.11. The molecule has 4 nitrogen and oxygen atoms in total. The van der Waals surface area contributed by atoms with Crippen molar-refractivity contribution < 1.29 is 8.42 Å². The molecule has 0 atom stereocenters. The fourth-order valence-electron chi connectivity index (χ4n) is 0.863. The highest BCUT2D eigenvalue weighted by Crippen LogP contribution is 2.05. The molecule has 1 radical (unpaired) electrons. The third-order valence-corrected chi connectivity index (χ3v) is 2.92. The van der Waals surface area contributed by atoms with E-state index in [1.54, 1.807) is 12.1 Å². The Morgan fingerprint density at radius 3 is 2.86 bits per heavy atom. The molecule has 0 saturated carbocycles. The minimum absolute atomic E-state index is 0.0953. The normalized spacial score (nSPS) is 10.8. The summed E-state index contributed by atoms with van der Waals surface area (Å²) < 4.78 is 25.2. The van der Waals surface area contributed by atoms with Crippen LogP contribution in [0, 0.1) is 17.4 Å². The first-order valence-corrected chi connectivity index (χ1v) is 5.48. The van der Waals surface area contributed by atoms with Gasteiger partial charge in [0.1, 0.15) is 0 Å². The molecule has 0 amide bonds. The Balaban J connectivity index is 2.73. The van der Waals surface area contributed by atoms with E-state index in [4.69, 9.17) is 5.26 Å². The third-order valence-electron chi connectivity index (χ3n) is 1.50. The van der Waals surface area contributed by atoms with E-state index in [-0.39, 0.29) is 17.9 Å². The molecule has 0 aliphatic rings. The first-order valence-electron chi connectivity index (χ1n) is 4.00. The number of nitrogens with zero attached hydrogens (tertiary/aromatic N) is 1. The van der Waals surface area contributed by atoms with Crippen LogP contribution in [0.2, 0.25) is 0 Å². The van der Waals surface area contributed by atoms with E-state index in [2.05, 4.69) is 10.8 Å². The molecule has 0 unspecified atom stereocenters. The van der Waals surface area contributed by atoms with E-state index in [0.29, 0.717) is 0 Å². The predicted molar refractivity (Wildman–Crippen MR) is 50.7 cm³/mol. The van der Waals surface area contributed by atoms with E-state index in [1.807, 2.05) is 6.07 Å². The van der Waals surface area contributed by atoms with Crippen LogP contribution in [0.3, 0.4) is 0 Å². The Morgan fingerprint density at radius 1 is 1.50 bits per heavy atom. The number of nitrogens with one attached hydrogen (secondary N) is 1. The van der Waals surface area contributed by atoms with Crippen molar-refractivity contribution >= 4 is 10.0 Å². The fraction of sp³-hybridized carbons (Fsp3) is 0.222. The highest BCUT2D eigenvalue weighted by molar-refractivity contribution is 7.89. The van der Waals surface area contributed by atoms with Crippen LogP contribution in [0.25, 0.3) is 0 Å². The molecule has 5 heteroatoms. The Labute approximate surface area is 83.2 Å². The molecule has 0 fully saturated rings. The molecule has 0 aliphatic carbocycles. The fourth-order valence-corrected chi connectivity index (χ4v) is 1.87. The predicted octanol–water partition coefficient (Wildman–Crippen LogP) is 0.679. The Hall–Kier alpha value is -1.38. The lowest BCUT2D eigenvalue weighted by molar-refractivity contribution is 0.582. The average Bonchev–Trinajstić information content (AvgIpc) is 2.19. The van der Waals surface area contributed by atoms with E-state index >= 15 is 0 Å². The molecule has 0 heterocycles. The summed E-state index contributed by atoms with van der Waals surface area (Å²) in [5, 5.41) is 8.24. The molecule has 0 spiro atoms. The maximum Gasteiger partial charge on any atom is 0.241 e. The second-order valence-corrected chi connectivity index (χ2v) is 4.27. The molecule has 14 heavy (non-hydrogen) atoms. The van der Waals surface area contributed by atoms with E-state index < -0.39 is 10.0 Å². The zero-order chi connectivity index (χ0) is 10.4. The van der Waals surface area contributed by atoms with Gasteiger partial charge in [0.15, 0.2) is 0 Å². The molecular weight excluding hydrogens is 200 g/mol. The summed E-state index contributed by atoms with van der Waals surface area (Å²) in [5.74, 6) is 0. The summed E-state index contributed by atoms with van der Waals surface area (Å²) in [4.78, 5) is 0.0953. The zero-order valence-corrected chi connectivity index (χ0v) is 8.21. The molecule has 73 valence electrons. The molecule has 0 saturated heterocycles. The highest BCUT2D eigenvalue weighted by atomic mass is 32.2. The van der Waals surface area contributed by atoms with Gasteiger partial charge in [-0.15, -0.1) is 0 Å². The van der Waals surface area contributed by atoms with E-state index in [9.17, 15) is 8.42 Å². The van der Waals surface area contributed by atoms with Crippen LogP contribution in [0.4, 0.5) is 0 Å². The van der Waals surface area contributed by atoms with Gasteiger partial charge in [0, 0.05) is 19.0 Å². The summed E-state index contributed by atoms with van der Waals surface area (Å²) in [6.07, 6.45) is 0.159. The maximum atomic E-state index is 11.5. The number of sulfonamides is 1. The molecule has 1 aromatic carbocycles. The van der Waals surface area contributed by atoms with Crippen molar-refractivity contribution in [2.45, 2.75) is 11.3 Å². The van der Waals surface area contributed by atoms with Crippen LogP contribution < -0.4 is 4.72 Å². The van der Waals surface area contributed by atoms with Gasteiger partial charge in [-0.1, -0.05) is 18.2 Å². The van der Waals surface area contributed by atoms with Crippen LogP contribution in [0.15, 0.2) is 29.2 Å². The quantitative estimate of drug-likeness (QED) is 0.741. The standard InChI is InChI=1S/C9H9N2O2S/c10-7-4-8-11-14(12,13)9-5-2-1-3-6-9/h1-3,5,11H,4,8H2. The van der Waals surface area contributed by atoms with Gasteiger partial charge >= 0.3 is 0 Å². The average molecular weight is 209 g/mol. The van der Waals surface area contributed by atoms with Gasteiger partial charge in [-0.25, -0.2) is 13.1 Å². The molecule has 0 aliphatic heterocycles. The SMILES string of the molecule is N#CCCNS(=O)(=O)c1[c]cccc1. The van der Waals surface area contributed by atoms with Crippen LogP contribution in [0.1, 0.15) is 6.42 Å². The van der Waals surface area contributed by atoms with Crippen molar-refractivity contribution in [3.8, 4) is 6.07 Å². The largest absolute Gasteiger partial charge is 0.241 e. The van der Waals surface area contributed by atoms with Crippen molar-refractivity contribution in [1.82, 2.24) is 4.72 Å². The summed E-state index contributed by atoms with van der Waals surface area (Å²) in [6, 6.07) is 10.7. The van der Waals surface area contributed by atoms with Gasteiger partial charge in [-0.3, -0.25) is 0 Å². The Morgan fingerprint density at radius 2 is 2.29 bits per heavy atom. The van der Waals surface area contributed by atoms with Crippen LogP contribution in [0.5, 0.6) is 0 Å². The lowest BCUT2D eigenvalue weighted by atomic mass is 10.4. The Kier molecular flexibility index (Phi) is 3.63. The molecule has 0 aromatic heterocycles. The first kappa shape index (κ1) is 10.7. The summed E-state index contributed by atoms with van der Waals surface area (Å²) >= 11 is 0. The number of rotatable bonds is 4. The van der Waals surface area contributed by atoms with Crippen molar-refractivity contribution in [2.24, 2.45) is 0 Å². The lowest BCUT2D eigenvalue weighted by Gasteiger charge is -2.03. The number of hydrogen-bond donors (Lipinski definition) is 1. The monoisotopic (exact) mass is 209 g/mol. The minimum Gasteiger partial charge on any atom is -0.210 e. The number of benzene rings is 1. The minimum atomic E-state index is -3.49. The van der Waals surface area contributed by atoms with Crippen molar-refractivity contribution in [2.75, 3.05) is 6.54 Å². The van der Waals surface area contributed by atoms with Crippen LogP contribution >= 0.6 is 0 Å². The molecular formula is C9H9N2O2S. The molecule has 1 rings (SSSR count). The van der Waals surface area contributed by atoms with Crippen molar-refractivity contribution in [3.05, 3.63) is 30.3 Å². The number of hydrogen-bond acceptors (Lipinski definition) is 3. The molecule has 1 N–H and O–H groups in total. The Bertz CT molecular complexity index is 420. The van der Waals surface area contributed by atoms with Gasteiger partial charge in [-0.2, -0.15) is 5.26 Å². The van der Waals surface area contributed by atoms with Crippen LogP contribution in [-0.4, -0.2) is 15.0 Å². The second kappa shape index (κ2) is 4.74. The van der Waals surface area contributed by atoms with E-state index in [0.717, 1.165) is 0 Å². The smallest absolute Gasteiger partial charge is 0.210 e. The topological polar surface area (TPSA) is 70.0 Å². The lowest BCUT2D eigenvalue weighted by Crippen LogP contribution is -2.24. The summed E-state index contributed by atoms with van der Waals surface area (Å²) in [5.41, 5.74) is 0. The van der Waals surface area contributed by atoms with Gasteiger partial charge in [0.25, 0.3) is 0 Å². The second-order valence-electron chi connectivity index (χ2n) is 2.53.